The maximum atomic E-state index is 11.1. The van der Waals surface area contributed by atoms with Crippen LogP contribution in [0.5, 0.6) is 0 Å². The molecule has 7 N–H and O–H groups in total. The maximum Gasteiger partial charge on any atom is 0.253 e. The summed E-state index contributed by atoms with van der Waals surface area (Å²) >= 11 is 0. The largest absolute Gasteiger partial charge is 0.394 e. The molecule has 0 fully saturated rings. The van der Waals surface area contributed by atoms with Gasteiger partial charge in [-0.05, 0) is 6.92 Å². The van der Waals surface area contributed by atoms with Crippen LogP contribution in [0.3, 0.4) is 0 Å². The third kappa shape index (κ3) is 4.39. The Morgan fingerprint density at radius 1 is 1.12 bits per heavy atom. The highest BCUT2D eigenvalue weighted by atomic mass is 16.4. The Morgan fingerprint density at radius 2 is 1.62 bits per heavy atom. The number of aliphatic hydroxyl groups is 6. The molecule has 0 aliphatic rings. The monoisotopic (exact) mass is 239 g/mol. The van der Waals surface area contributed by atoms with E-state index in [1.807, 2.05) is 5.32 Å². The van der Waals surface area contributed by atoms with Gasteiger partial charge in [-0.25, -0.2) is 0 Å². The van der Waals surface area contributed by atoms with E-state index in [1.54, 1.807) is 0 Å². The fourth-order valence-corrected chi connectivity index (χ4v) is 0.969. The predicted octanol–water partition coefficient (Wildman–Crippen LogP) is -4.12. The smallest absolute Gasteiger partial charge is 0.253 e. The van der Waals surface area contributed by atoms with E-state index in [1.165, 1.54) is 6.92 Å². The van der Waals surface area contributed by atoms with Crippen LogP contribution in [-0.4, -0.2) is 73.8 Å². The van der Waals surface area contributed by atoms with Gasteiger partial charge in [-0.3, -0.25) is 4.79 Å². The molecule has 96 valence electrons. The van der Waals surface area contributed by atoms with Crippen LogP contribution in [0.4, 0.5) is 0 Å². The fourth-order valence-electron chi connectivity index (χ4n) is 0.969. The normalized spacial score (nSPS) is 20.7. The molecule has 8 heteroatoms. The average Bonchev–Trinajstić information content (AvgIpc) is 2.23. The van der Waals surface area contributed by atoms with Crippen LogP contribution >= 0.6 is 0 Å². The van der Waals surface area contributed by atoms with Gasteiger partial charge in [-0.1, -0.05) is 0 Å². The molecule has 1 unspecified atom stereocenters. The van der Waals surface area contributed by atoms with E-state index >= 15 is 0 Å². The van der Waals surface area contributed by atoms with Gasteiger partial charge in [0.05, 0.1) is 6.61 Å². The van der Waals surface area contributed by atoms with Crippen molar-refractivity contribution in [2.45, 2.75) is 37.6 Å². The Labute approximate surface area is 91.8 Å². The first-order valence-corrected chi connectivity index (χ1v) is 4.62. The Kier molecular flexibility index (Phi) is 6.41. The Hall–Kier alpha value is -0.770. The van der Waals surface area contributed by atoms with Crippen LogP contribution in [0.2, 0.25) is 0 Å². The number of carbonyl (C=O) groups excluding carboxylic acids is 1. The quantitative estimate of drug-likeness (QED) is 0.233. The summed E-state index contributed by atoms with van der Waals surface area (Å²) < 4.78 is 0. The van der Waals surface area contributed by atoms with Crippen molar-refractivity contribution in [3.05, 3.63) is 0 Å². The van der Waals surface area contributed by atoms with E-state index in [9.17, 15) is 20.1 Å². The zero-order chi connectivity index (χ0) is 12.9. The first-order chi connectivity index (χ1) is 7.31. The molecule has 0 aliphatic carbocycles. The molecule has 8 nitrogen and oxygen atoms in total. The van der Waals surface area contributed by atoms with Crippen LogP contribution in [0, 0.1) is 0 Å². The SMILES string of the molecule is CC(O)NC(=O)[C@H](O)[C@@H](O)[C@H](O)[C@H](O)CO. The number of nitrogens with one attached hydrogen (secondary N) is 1. The summed E-state index contributed by atoms with van der Waals surface area (Å²) in [6, 6.07) is 0. The zero-order valence-corrected chi connectivity index (χ0v) is 8.69. The van der Waals surface area contributed by atoms with E-state index < -0.39 is 43.2 Å². The summed E-state index contributed by atoms with van der Waals surface area (Å²) in [6.45, 7) is 0.388. The predicted molar refractivity (Wildman–Crippen MR) is 50.9 cm³/mol. The van der Waals surface area contributed by atoms with Crippen molar-refractivity contribution in [2.75, 3.05) is 6.61 Å². The van der Waals surface area contributed by atoms with Crippen molar-refractivity contribution in [2.24, 2.45) is 0 Å². The van der Waals surface area contributed by atoms with Gasteiger partial charge in [-0.15, -0.1) is 0 Å². The number of carbonyl (C=O) groups is 1. The van der Waals surface area contributed by atoms with Crippen molar-refractivity contribution in [1.82, 2.24) is 5.32 Å². The molecule has 0 aromatic rings. The van der Waals surface area contributed by atoms with Gasteiger partial charge in [0, 0.05) is 0 Å². The van der Waals surface area contributed by atoms with Crippen LogP contribution < -0.4 is 5.32 Å². The number of hydrogen-bond acceptors (Lipinski definition) is 7. The number of rotatable bonds is 6. The third-order valence-electron chi connectivity index (χ3n) is 1.87. The van der Waals surface area contributed by atoms with Crippen molar-refractivity contribution in [3.63, 3.8) is 0 Å². The topological polar surface area (TPSA) is 150 Å². The molecule has 0 saturated heterocycles. The van der Waals surface area contributed by atoms with E-state index in [0.717, 1.165) is 0 Å². The Morgan fingerprint density at radius 3 is 2.00 bits per heavy atom. The van der Waals surface area contributed by atoms with Gasteiger partial charge >= 0.3 is 0 Å². The first-order valence-electron chi connectivity index (χ1n) is 4.62. The van der Waals surface area contributed by atoms with Gasteiger partial charge in [0.1, 0.15) is 24.5 Å². The summed E-state index contributed by atoms with van der Waals surface area (Å²) in [7, 11) is 0. The standard InChI is InChI=1S/C8H17NO7/c1-3(11)9-8(16)7(15)6(14)5(13)4(12)2-10/h3-7,10-15H,2H2,1H3,(H,9,16)/t3?,4-,5-,6+,7-/m1/s1. The summed E-state index contributed by atoms with van der Waals surface area (Å²) in [6.07, 6.45) is -8.77. The lowest BCUT2D eigenvalue weighted by molar-refractivity contribution is -0.151. The molecular weight excluding hydrogens is 222 g/mol. The summed E-state index contributed by atoms with van der Waals surface area (Å²) in [4.78, 5) is 11.1. The molecule has 0 aromatic carbocycles. The minimum Gasteiger partial charge on any atom is -0.394 e. The summed E-state index contributed by atoms with van der Waals surface area (Å²) in [5, 5.41) is 55.7. The molecule has 1 amide bonds. The van der Waals surface area contributed by atoms with Crippen LogP contribution in [-0.2, 0) is 4.79 Å². The molecule has 0 spiro atoms. The van der Waals surface area contributed by atoms with E-state index in [2.05, 4.69) is 0 Å². The second-order valence-electron chi connectivity index (χ2n) is 3.36. The van der Waals surface area contributed by atoms with Gasteiger partial charge in [0.25, 0.3) is 5.91 Å². The Balaban J connectivity index is 4.36. The van der Waals surface area contributed by atoms with Crippen molar-refractivity contribution >= 4 is 5.91 Å². The van der Waals surface area contributed by atoms with Gasteiger partial charge in [-0.2, -0.15) is 0 Å². The van der Waals surface area contributed by atoms with Crippen LogP contribution in [0.1, 0.15) is 6.92 Å². The molecule has 0 saturated carbocycles. The molecule has 5 atom stereocenters. The molecule has 16 heavy (non-hydrogen) atoms. The van der Waals surface area contributed by atoms with Crippen molar-refractivity contribution < 1.29 is 35.4 Å². The number of hydrogen-bond donors (Lipinski definition) is 7. The minimum absolute atomic E-state index is 0.830. The van der Waals surface area contributed by atoms with Crippen LogP contribution in [0.15, 0.2) is 0 Å². The molecule has 0 heterocycles. The molecule has 0 radical (unpaired) electrons. The number of aliphatic hydroxyl groups excluding tert-OH is 6. The van der Waals surface area contributed by atoms with E-state index in [-0.39, 0.29) is 0 Å². The molecular formula is C8H17NO7. The molecule has 0 bridgehead atoms. The van der Waals surface area contributed by atoms with Crippen molar-refractivity contribution in [3.8, 4) is 0 Å². The van der Waals surface area contributed by atoms with E-state index in [0.29, 0.717) is 0 Å². The average molecular weight is 239 g/mol. The van der Waals surface area contributed by atoms with Gasteiger partial charge in [0.15, 0.2) is 6.10 Å². The zero-order valence-electron chi connectivity index (χ0n) is 8.69. The summed E-state index contributed by atoms with van der Waals surface area (Å²) in [5.74, 6) is -1.10. The van der Waals surface area contributed by atoms with Crippen molar-refractivity contribution in [1.29, 1.82) is 0 Å². The highest BCUT2D eigenvalue weighted by Crippen LogP contribution is 2.05. The Bertz CT molecular complexity index is 222. The maximum absolute atomic E-state index is 11.1. The highest BCUT2D eigenvalue weighted by molar-refractivity contribution is 5.81. The molecule has 0 aliphatic heterocycles. The fraction of sp³-hybridized carbons (Fsp3) is 0.875. The first kappa shape index (κ1) is 15.2. The van der Waals surface area contributed by atoms with Gasteiger partial charge < -0.3 is 36.0 Å². The van der Waals surface area contributed by atoms with Crippen LogP contribution in [0.25, 0.3) is 0 Å². The molecule has 0 rings (SSSR count). The number of amides is 1. The molecule has 0 aromatic heterocycles. The lowest BCUT2D eigenvalue weighted by Gasteiger charge is -2.25. The second-order valence-corrected chi connectivity index (χ2v) is 3.36. The summed E-state index contributed by atoms with van der Waals surface area (Å²) in [5.41, 5.74) is 0. The highest BCUT2D eigenvalue weighted by Gasteiger charge is 2.34. The lowest BCUT2D eigenvalue weighted by atomic mass is 10.0. The lowest BCUT2D eigenvalue weighted by Crippen LogP contribution is -2.52. The third-order valence-corrected chi connectivity index (χ3v) is 1.87. The van der Waals surface area contributed by atoms with Gasteiger partial charge in [0.2, 0.25) is 0 Å². The van der Waals surface area contributed by atoms with E-state index in [4.69, 9.17) is 15.3 Å². The second kappa shape index (κ2) is 6.74. The minimum atomic E-state index is -2.02.